The van der Waals surface area contributed by atoms with E-state index in [0.717, 1.165) is 10.1 Å². The first kappa shape index (κ1) is 15.4. The van der Waals surface area contributed by atoms with Crippen LogP contribution in [0.4, 0.5) is 5.69 Å². The molecule has 1 aromatic carbocycles. The Balaban J connectivity index is 1.98. The van der Waals surface area contributed by atoms with Crippen LogP contribution in [0.2, 0.25) is 0 Å². The van der Waals surface area contributed by atoms with E-state index < -0.39 is 5.97 Å². The van der Waals surface area contributed by atoms with Crippen LogP contribution in [0.1, 0.15) is 9.67 Å². The highest BCUT2D eigenvalue weighted by molar-refractivity contribution is 7.20. The standard InChI is InChI=1S/C14H15NO5S/c1-19-4-5-20-8-13(16)15-10-2-3-11-9(6-10)7-12(21-11)14(17)18/h2-3,6-7H,4-5,8H2,1H3,(H,15,16)(H,17,18). The molecule has 0 bridgehead atoms. The van der Waals surface area contributed by atoms with E-state index in [1.165, 1.54) is 11.3 Å². The number of thiophene rings is 1. The van der Waals surface area contributed by atoms with E-state index in [1.807, 2.05) is 0 Å². The van der Waals surface area contributed by atoms with Gasteiger partial charge in [0.1, 0.15) is 11.5 Å². The van der Waals surface area contributed by atoms with Gasteiger partial charge in [0.05, 0.1) is 13.2 Å². The summed E-state index contributed by atoms with van der Waals surface area (Å²) in [4.78, 5) is 22.8. The molecule has 0 saturated heterocycles. The SMILES string of the molecule is COCCOCC(=O)Nc1ccc2sc(C(=O)O)cc2c1. The average molecular weight is 309 g/mol. The minimum absolute atomic E-state index is 0.0502. The predicted molar refractivity (Wildman–Crippen MR) is 80.1 cm³/mol. The fourth-order valence-corrected chi connectivity index (χ4v) is 2.61. The molecule has 2 aromatic rings. The number of benzene rings is 1. The molecule has 0 spiro atoms. The first-order valence-electron chi connectivity index (χ1n) is 6.23. The van der Waals surface area contributed by atoms with E-state index >= 15 is 0 Å². The number of carbonyl (C=O) groups excluding carboxylic acids is 1. The number of carbonyl (C=O) groups is 2. The molecule has 0 saturated carbocycles. The van der Waals surface area contributed by atoms with Gasteiger partial charge in [0, 0.05) is 17.5 Å². The molecule has 6 nitrogen and oxygen atoms in total. The van der Waals surface area contributed by atoms with Crippen molar-refractivity contribution >= 4 is 39.0 Å². The average Bonchev–Trinajstić information content (AvgIpc) is 2.87. The summed E-state index contributed by atoms with van der Waals surface area (Å²) in [6, 6.07) is 6.85. The summed E-state index contributed by atoms with van der Waals surface area (Å²) in [5.74, 6) is -1.22. The number of hydrogen-bond acceptors (Lipinski definition) is 5. The molecule has 0 fully saturated rings. The van der Waals surface area contributed by atoms with Crippen molar-refractivity contribution in [2.45, 2.75) is 0 Å². The van der Waals surface area contributed by atoms with Gasteiger partial charge in [-0.2, -0.15) is 0 Å². The van der Waals surface area contributed by atoms with Crippen molar-refractivity contribution in [2.24, 2.45) is 0 Å². The minimum Gasteiger partial charge on any atom is -0.477 e. The Hall–Kier alpha value is -1.96. The number of anilines is 1. The van der Waals surface area contributed by atoms with Gasteiger partial charge in [0.25, 0.3) is 0 Å². The smallest absolute Gasteiger partial charge is 0.345 e. The van der Waals surface area contributed by atoms with Gasteiger partial charge in [-0.3, -0.25) is 4.79 Å². The van der Waals surface area contributed by atoms with Gasteiger partial charge in [-0.05, 0) is 29.7 Å². The molecule has 0 unspecified atom stereocenters. The molecule has 1 heterocycles. The molecule has 1 amide bonds. The normalized spacial score (nSPS) is 10.7. The van der Waals surface area contributed by atoms with Gasteiger partial charge in [-0.15, -0.1) is 11.3 Å². The predicted octanol–water partition coefficient (Wildman–Crippen LogP) is 2.20. The first-order chi connectivity index (χ1) is 10.1. The summed E-state index contributed by atoms with van der Waals surface area (Å²) in [5.41, 5.74) is 0.609. The number of nitrogens with one attached hydrogen (secondary N) is 1. The number of hydrogen-bond donors (Lipinski definition) is 2. The summed E-state index contributed by atoms with van der Waals surface area (Å²) < 4.78 is 10.8. The molecule has 112 valence electrons. The summed E-state index contributed by atoms with van der Waals surface area (Å²) in [6.45, 7) is 0.743. The highest BCUT2D eigenvalue weighted by Gasteiger charge is 2.09. The highest BCUT2D eigenvalue weighted by Crippen LogP contribution is 2.28. The fourth-order valence-electron chi connectivity index (χ4n) is 1.73. The summed E-state index contributed by atoms with van der Waals surface area (Å²) >= 11 is 1.20. The van der Waals surface area contributed by atoms with Gasteiger partial charge in [0.15, 0.2) is 0 Å². The van der Waals surface area contributed by atoms with Crippen molar-refractivity contribution in [1.29, 1.82) is 0 Å². The number of rotatable bonds is 7. The van der Waals surface area contributed by atoms with Crippen LogP contribution in [0.5, 0.6) is 0 Å². The lowest BCUT2D eigenvalue weighted by atomic mass is 10.2. The summed E-state index contributed by atoms with van der Waals surface area (Å²) in [7, 11) is 1.56. The molecule has 0 aliphatic heterocycles. The fraction of sp³-hybridized carbons (Fsp3) is 0.286. The number of amides is 1. The Morgan fingerprint density at radius 3 is 2.81 bits per heavy atom. The molecule has 7 heteroatoms. The van der Waals surface area contributed by atoms with E-state index in [2.05, 4.69) is 5.32 Å². The molecule has 1 aromatic heterocycles. The molecule has 0 atom stereocenters. The van der Waals surface area contributed by atoms with E-state index in [4.69, 9.17) is 14.6 Å². The Bertz CT molecular complexity index is 652. The van der Waals surface area contributed by atoms with Gasteiger partial charge in [-0.1, -0.05) is 0 Å². The second kappa shape index (κ2) is 7.16. The van der Waals surface area contributed by atoms with Crippen LogP contribution in [0.3, 0.4) is 0 Å². The van der Waals surface area contributed by atoms with Crippen LogP contribution in [-0.4, -0.2) is 43.9 Å². The largest absolute Gasteiger partial charge is 0.477 e. The number of fused-ring (bicyclic) bond motifs is 1. The van der Waals surface area contributed by atoms with E-state index in [9.17, 15) is 9.59 Å². The lowest BCUT2D eigenvalue weighted by Crippen LogP contribution is -2.19. The monoisotopic (exact) mass is 309 g/mol. The summed E-state index contributed by atoms with van der Waals surface area (Å²) in [6.07, 6.45) is 0. The van der Waals surface area contributed by atoms with Crippen molar-refractivity contribution in [3.8, 4) is 0 Å². The maximum atomic E-state index is 11.7. The van der Waals surface area contributed by atoms with Crippen molar-refractivity contribution in [3.63, 3.8) is 0 Å². The van der Waals surface area contributed by atoms with Gasteiger partial charge in [-0.25, -0.2) is 4.79 Å². The van der Waals surface area contributed by atoms with Crippen molar-refractivity contribution in [1.82, 2.24) is 0 Å². The van der Waals surface area contributed by atoms with E-state index in [-0.39, 0.29) is 17.4 Å². The second-order valence-corrected chi connectivity index (χ2v) is 5.35. The lowest BCUT2D eigenvalue weighted by molar-refractivity contribution is -0.121. The number of ether oxygens (including phenoxy) is 2. The summed E-state index contributed by atoms with van der Waals surface area (Å²) in [5, 5.41) is 12.4. The second-order valence-electron chi connectivity index (χ2n) is 4.26. The molecule has 2 rings (SSSR count). The third-order valence-corrected chi connectivity index (χ3v) is 3.78. The van der Waals surface area contributed by atoms with Crippen LogP contribution < -0.4 is 5.32 Å². The number of aromatic carboxylic acids is 1. The van der Waals surface area contributed by atoms with Gasteiger partial charge < -0.3 is 19.9 Å². The molecular formula is C14H15NO5S. The first-order valence-corrected chi connectivity index (χ1v) is 7.05. The molecular weight excluding hydrogens is 294 g/mol. The van der Waals surface area contributed by atoms with Crippen LogP contribution >= 0.6 is 11.3 Å². The third kappa shape index (κ3) is 4.25. The quantitative estimate of drug-likeness (QED) is 0.766. The Labute approximate surface area is 125 Å². The number of carboxylic acid groups (broad SMARTS) is 1. The molecule has 21 heavy (non-hydrogen) atoms. The maximum Gasteiger partial charge on any atom is 0.345 e. The maximum absolute atomic E-state index is 11.7. The number of methoxy groups -OCH3 is 1. The van der Waals surface area contributed by atoms with Crippen molar-refractivity contribution in [2.75, 3.05) is 32.2 Å². The lowest BCUT2D eigenvalue weighted by Gasteiger charge is -2.06. The topological polar surface area (TPSA) is 84.9 Å². The van der Waals surface area contributed by atoms with Gasteiger partial charge >= 0.3 is 5.97 Å². The number of carboxylic acids is 1. The van der Waals surface area contributed by atoms with Crippen molar-refractivity contribution in [3.05, 3.63) is 29.1 Å². The highest BCUT2D eigenvalue weighted by atomic mass is 32.1. The van der Waals surface area contributed by atoms with E-state index in [1.54, 1.807) is 31.4 Å². The zero-order valence-corrected chi connectivity index (χ0v) is 12.2. The van der Waals surface area contributed by atoms with Crippen LogP contribution in [0, 0.1) is 0 Å². The zero-order chi connectivity index (χ0) is 15.2. The minimum atomic E-state index is -0.951. The van der Waals surface area contributed by atoms with Crippen LogP contribution in [-0.2, 0) is 14.3 Å². The Morgan fingerprint density at radius 2 is 2.10 bits per heavy atom. The zero-order valence-electron chi connectivity index (χ0n) is 11.4. The molecule has 0 radical (unpaired) electrons. The molecule has 0 aliphatic carbocycles. The van der Waals surface area contributed by atoms with Gasteiger partial charge in [0.2, 0.25) is 5.91 Å². The van der Waals surface area contributed by atoms with Crippen molar-refractivity contribution < 1.29 is 24.2 Å². The third-order valence-electron chi connectivity index (χ3n) is 2.68. The van der Waals surface area contributed by atoms with E-state index in [0.29, 0.717) is 18.9 Å². The van der Waals surface area contributed by atoms with Crippen LogP contribution in [0.25, 0.3) is 10.1 Å². The molecule has 2 N–H and O–H groups in total. The Kier molecular flexibility index (Phi) is 5.26. The Morgan fingerprint density at radius 1 is 1.29 bits per heavy atom. The molecule has 0 aliphatic rings. The van der Waals surface area contributed by atoms with Crippen LogP contribution in [0.15, 0.2) is 24.3 Å².